The van der Waals surface area contributed by atoms with E-state index >= 15 is 4.39 Å². The summed E-state index contributed by atoms with van der Waals surface area (Å²) in [4.78, 5) is 13.8. The molecule has 0 radical (unpaired) electrons. The Hall–Kier alpha value is -3.04. The number of fused-ring (bicyclic) bond motifs is 1. The van der Waals surface area contributed by atoms with Crippen LogP contribution in [0.1, 0.15) is 11.3 Å². The first-order valence-corrected chi connectivity index (χ1v) is 13.9. The molecule has 9 heteroatoms. The van der Waals surface area contributed by atoms with E-state index in [1.165, 1.54) is 9.36 Å². The smallest absolute Gasteiger partial charge is 0.408 e. The van der Waals surface area contributed by atoms with Crippen LogP contribution in [0.25, 0.3) is 16.8 Å². The van der Waals surface area contributed by atoms with E-state index in [0.717, 1.165) is 11.7 Å². The third kappa shape index (κ3) is 4.83. The van der Waals surface area contributed by atoms with E-state index in [4.69, 9.17) is 9.15 Å². The van der Waals surface area contributed by atoms with Crippen molar-refractivity contribution in [1.82, 2.24) is 19.6 Å². The molecule has 0 N–H and O–H groups in total. The monoisotopic (exact) mass is 440 g/mol. The Kier molecular flexibility index (Phi) is 5.88. The molecular formula is C22H25FN4O3Si. The van der Waals surface area contributed by atoms with Gasteiger partial charge in [0, 0.05) is 21.1 Å². The zero-order valence-corrected chi connectivity index (χ0v) is 18.8. The molecule has 0 atom stereocenters. The van der Waals surface area contributed by atoms with Crippen LogP contribution in [-0.2, 0) is 17.9 Å². The average molecular weight is 441 g/mol. The molecule has 0 saturated heterocycles. The molecule has 0 aliphatic carbocycles. The van der Waals surface area contributed by atoms with Crippen molar-refractivity contribution in [2.45, 2.75) is 38.8 Å². The Morgan fingerprint density at radius 1 is 1.13 bits per heavy atom. The second kappa shape index (κ2) is 8.60. The summed E-state index contributed by atoms with van der Waals surface area (Å²) in [5.41, 5.74) is 2.16. The Morgan fingerprint density at radius 2 is 1.90 bits per heavy atom. The summed E-state index contributed by atoms with van der Waals surface area (Å²) >= 11 is 0. The second-order valence-electron chi connectivity index (χ2n) is 8.67. The van der Waals surface area contributed by atoms with Gasteiger partial charge in [-0.05, 0) is 29.8 Å². The van der Waals surface area contributed by atoms with Crippen LogP contribution in [0.2, 0.25) is 25.7 Å². The average Bonchev–Trinajstić information content (AvgIpc) is 3.32. The molecular weight excluding hydrogens is 415 g/mol. The van der Waals surface area contributed by atoms with Crippen molar-refractivity contribution in [2.24, 2.45) is 0 Å². The maximum absolute atomic E-state index is 15.3. The summed E-state index contributed by atoms with van der Waals surface area (Å²) in [7, 11) is -1.26. The third-order valence-electron chi connectivity index (χ3n) is 4.96. The van der Waals surface area contributed by atoms with Crippen LogP contribution in [0, 0.1) is 5.82 Å². The SMILES string of the molecule is C[Si](C)(C)CCOCn1c(=O)oc2ccc(Cc3cnn(-c4ccccc4)n3)c(F)c21. The number of nitrogens with zero attached hydrogens (tertiary/aromatic N) is 4. The van der Waals surface area contributed by atoms with Crippen LogP contribution in [0.3, 0.4) is 0 Å². The molecule has 2 heterocycles. The molecule has 7 nitrogen and oxygen atoms in total. The number of para-hydroxylation sites is 1. The molecule has 0 aliphatic rings. The van der Waals surface area contributed by atoms with E-state index in [0.29, 0.717) is 17.9 Å². The largest absolute Gasteiger partial charge is 0.421 e. The van der Waals surface area contributed by atoms with Crippen molar-refractivity contribution in [2.75, 3.05) is 6.61 Å². The summed E-state index contributed by atoms with van der Waals surface area (Å²) in [5, 5.41) is 8.69. The van der Waals surface area contributed by atoms with E-state index in [-0.39, 0.29) is 24.3 Å². The molecule has 4 rings (SSSR count). The normalized spacial score (nSPS) is 12.0. The predicted octanol–water partition coefficient (Wildman–Crippen LogP) is 4.22. The zero-order valence-electron chi connectivity index (χ0n) is 17.8. The number of benzene rings is 2. The van der Waals surface area contributed by atoms with Gasteiger partial charge in [0.2, 0.25) is 0 Å². The number of hydrogen-bond donors (Lipinski definition) is 0. The Balaban J connectivity index is 1.56. The van der Waals surface area contributed by atoms with Crippen LogP contribution in [0.15, 0.2) is 57.9 Å². The topological polar surface area (TPSA) is 75.1 Å². The fraction of sp³-hybridized carbons (Fsp3) is 0.318. The van der Waals surface area contributed by atoms with Gasteiger partial charge >= 0.3 is 5.76 Å². The molecule has 162 valence electrons. The highest BCUT2D eigenvalue weighted by Crippen LogP contribution is 2.23. The van der Waals surface area contributed by atoms with Gasteiger partial charge in [0.1, 0.15) is 12.2 Å². The van der Waals surface area contributed by atoms with E-state index in [1.54, 1.807) is 18.3 Å². The minimum atomic E-state index is -1.26. The molecule has 4 aromatic rings. The van der Waals surface area contributed by atoms with Gasteiger partial charge in [-0.3, -0.25) is 0 Å². The first kappa shape index (κ1) is 21.2. The Labute approximate surface area is 180 Å². The highest BCUT2D eigenvalue weighted by atomic mass is 28.3. The van der Waals surface area contributed by atoms with Gasteiger partial charge in [-0.1, -0.05) is 43.9 Å². The molecule has 0 bridgehead atoms. The van der Waals surface area contributed by atoms with Crippen LogP contribution < -0.4 is 5.76 Å². The fourth-order valence-electron chi connectivity index (χ4n) is 3.21. The highest BCUT2D eigenvalue weighted by Gasteiger charge is 2.19. The van der Waals surface area contributed by atoms with Gasteiger partial charge in [0.05, 0.1) is 17.6 Å². The lowest BCUT2D eigenvalue weighted by Gasteiger charge is -2.15. The molecule has 31 heavy (non-hydrogen) atoms. The number of rotatable bonds is 8. The summed E-state index contributed by atoms with van der Waals surface area (Å²) in [6, 6.07) is 13.7. The van der Waals surface area contributed by atoms with E-state index < -0.39 is 19.6 Å². The highest BCUT2D eigenvalue weighted by molar-refractivity contribution is 6.76. The van der Waals surface area contributed by atoms with Crippen molar-refractivity contribution in [1.29, 1.82) is 0 Å². The molecule has 2 aromatic heterocycles. The summed E-state index contributed by atoms with van der Waals surface area (Å²) in [6.45, 7) is 7.22. The predicted molar refractivity (Wildman–Crippen MR) is 119 cm³/mol. The second-order valence-corrected chi connectivity index (χ2v) is 14.3. The molecule has 0 unspecified atom stereocenters. The van der Waals surface area contributed by atoms with Gasteiger partial charge in [-0.2, -0.15) is 15.0 Å². The van der Waals surface area contributed by atoms with Gasteiger partial charge in [-0.25, -0.2) is 13.8 Å². The molecule has 0 saturated carbocycles. The molecule has 0 spiro atoms. The molecule has 0 amide bonds. The van der Waals surface area contributed by atoms with Crippen molar-refractivity contribution in [3.05, 3.63) is 76.3 Å². The molecule has 0 fully saturated rings. The van der Waals surface area contributed by atoms with Crippen molar-refractivity contribution in [3.8, 4) is 5.69 Å². The third-order valence-corrected chi connectivity index (χ3v) is 6.67. The number of aromatic nitrogens is 4. The number of hydrogen-bond acceptors (Lipinski definition) is 5. The number of oxazole rings is 1. The zero-order chi connectivity index (χ0) is 22.0. The maximum atomic E-state index is 15.3. The summed E-state index contributed by atoms with van der Waals surface area (Å²) in [5.74, 6) is -1.14. The van der Waals surface area contributed by atoms with Crippen molar-refractivity contribution < 1.29 is 13.5 Å². The summed E-state index contributed by atoms with van der Waals surface area (Å²) < 4.78 is 27.4. The molecule has 2 aromatic carbocycles. The van der Waals surface area contributed by atoms with Gasteiger partial charge in [-0.15, -0.1) is 0 Å². The van der Waals surface area contributed by atoms with Crippen molar-refractivity contribution >= 4 is 19.2 Å². The van der Waals surface area contributed by atoms with Crippen LogP contribution in [0.5, 0.6) is 0 Å². The van der Waals surface area contributed by atoms with Crippen LogP contribution >= 0.6 is 0 Å². The lowest BCUT2D eigenvalue weighted by Crippen LogP contribution is -2.23. The van der Waals surface area contributed by atoms with E-state index in [1.807, 2.05) is 30.3 Å². The fourth-order valence-corrected chi connectivity index (χ4v) is 3.96. The van der Waals surface area contributed by atoms with Crippen LogP contribution in [0.4, 0.5) is 4.39 Å². The Bertz CT molecular complexity index is 1240. The first-order valence-electron chi connectivity index (χ1n) is 10.2. The summed E-state index contributed by atoms with van der Waals surface area (Å²) in [6.07, 6.45) is 1.85. The van der Waals surface area contributed by atoms with E-state index in [9.17, 15) is 4.79 Å². The van der Waals surface area contributed by atoms with Gasteiger partial charge in [0.15, 0.2) is 11.4 Å². The van der Waals surface area contributed by atoms with Gasteiger partial charge < -0.3 is 9.15 Å². The van der Waals surface area contributed by atoms with Gasteiger partial charge in [0.25, 0.3) is 0 Å². The molecule has 0 aliphatic heterocycles. The minimum Gasteiger partial charge on any atom is -0.408 e. The maximum Gasteiger partial charge on any atom is 0.421 e. The lowest BCUT2D eigenvalue weighted by atomic mass is 10.1. The standard InChI is InChI=1S/C22H25FN4O3Si/c1-31(2,3)12-11-29-15-26-21-19(30-22(26)28)10-9-16(20(21)23)13-17-14-24-27(25-17)18-7-5-4-6-8-18/h4-10,14H,11-13,15H2,1-3H3. The number of halogens is 1. The van der Waals surface area contributed by atoms with Crippen molar-refractivity contribution in [3.63, 3.8) is 0 Å². The number of ether oxygens (including phenoxy) is 1. The lowest BCUT2D eigenvalue weighted by molar-refractivity contribution is 0.0847. The van der Waals surface area contributed by atoms with E-state index in [2.05, 4.69) is 29.8 Å². The Morgan fingerprint density at radius 3 is 2.65 bits per heavy atom. The minimum absolute atomic E-state index is 0.0408. The first-order chi connectivity index (χ1) is 14.8. The quantitative estimate of drug-likeness (QED) is 0.303. The van der Waals surface area contributed by atoms with Crippen LogP contribution in [-0.4, -0.2) is 34.2 Å².